The summed E-state index contributed by atoms with van der Waals surface area (Å²) >= 11 is 1.26. The average Bonchev–Trinajstić information content (AvgIpc) is 3.11. The number of ether oxygens (including phenoxy) is 2. The number of hydrogen-bond acceptors (Lipinski definition) is 6. The van der Waals surface area contributed by atoms with Crippen LogP contribution in [0.5, 0.6) is 0 Å². The number of rotatable bonds is 5. The maximum Gasteiger partial charge on any atom is 0.425 e. The van der Waals surface area contributed by atoms with Crippen molar-refractivity contribution < 1.29 is 14.3 Å². The Morgan fingerprint density at radius 2 is 1.88 bits per heavy atom. The van der Waals surface area contributed by atoms with Crippen molar-refractivity contribution >= 4 is 27.6 Å². The molecule has 2 aromatic heterocycles. The van der Waals surface area contributed by atoms with E-state index in [-0.39, 0.29) is 13.2 Å². The van der Waals surface area contributed by atoms with Gasteiger partial charge in [-0.15, -0.1) is 11.3 Å². The molecule has 3 rings (SSSR count). The van der Waals surface area contributed by atoms with Gasteiger partial charge in [0.25, 0.3) is 5.56 Å². The van der Waals surface area contributed by atoms with Crippen molar-refractivity contribution in [3.63, 3.8) is 0 Å². The minimum absolute atomic E-state index is 0.0526. The van der Waals surface area contributed by atoms with E-state index in [0.29, 0.717) is 21.4 Å². The fourth-order valence-electron chi connectivity index (χ4n) is 2.35. The number of hydrogen-bond donors (Lipinski definition) is 0. The third kappa shape index (κ3) is 3.54. The predicted octanol–water partition coefficient (Wildman–Crippen LogP) is 1.96. The van der Waals surface area contributed by atoms with E-state index in [2.05, 4.69) is 0 Å². The van der Waals surface area contributed by atoms with Gasteiger partial charge in [0.15, 0.2) is 0 Å². The number of thiophene rings is 1. The molecule has 0 bridgehead atoms. The second kappa shape index (κ2) is 7.45. The van der Waals surface area contributed by atoms with Crippen molar-refractivity contribution in [2.24, 2.45) is 7.05 Å². The first-order chi connectivity index (χ1) is 12.1. The Morgan fingerprint density at radius 1 is 1.12 bits per heavy atom. The maximum atomic E-state index is 12.3. The number of aryl methyl sites for hydroxylation is 1. The van der Waals surface area contributed by atoms with E-state index >= 15 is 0 Å². The Labute approximate surface area is 146 Å². The summed E-state index contributed by atoms with van der Waals surface area (Å²) in [6, 6.07) is 11.1. The van der Waals surface area contributed by atoms with Gasteiger partial charge in [-0.3, -0.25) is 9.36 Å². The normalized spacial score (nSPS) is 10.9. The molecule has 3 aromatic rings. The van der Waals surface area contributed by atoms with Gasteiger partial charge < -0.3 is 9.47 Å². The molecule has 0 unspecified atom stereocenters. The molecule has 2 heterocycles. The summed E-state index contributed by atoms with van der Waals surface area (Å²) in [5.41, 5.74) is -0.397. The summed E-state index contributed by atoms with van der Waals surface area (Å²) < 4.78 is 12.2. The van der Waals surface area contributed by atoms with E-state index in [1.54, 1.807) is 11.4 Å². The Morgan fingerprint density at radius 3 is 2.64 bits per heavy atom. The number of nitrogens with zero attached hydrogens (tertiary/aromatic N) is 2. The summed E-state index contributed by atoms with van der Waals surface area (Å²) in [4.78, 5) is 37.2. The van der Waals surface area contributed by atoms with Crippen molar-refractivity contribution in [1.82, 2.24) is 9.13 Å². The van der Waals surface area contributed by atoms with E-state index in [4.69, 9.17) is 9.47 Å². The maximum absolute atomic E-state index is 12.3. The molecule has 25 heavy (non-hydrogen) atoms. The first kappa shape index (κ1) is 17.1. The largest absolute Gasteiger partial charge is 0.446 e. The topological polar surface area (TPSA) is 79.5 Å². The van der Waals surface area contributed by atoms with Crippen molar-refractivity contribution in [2.75, 3.05) is 13.2 Å². The van der Waals surface area contributed by atoms with Crippen LogP contribution in [0.1, 0.15) is 5.56 Å². The number of carbonyl (C=O) groups is 1. The van der Waals surface area contributed by atoms with E-state index in [0.717, 1.165) is 5.56 Å². The lowest BCUT2D eigenvalue weighted by molar-refractivity contribution is 0.0646. The van der Waals surface area contributed by atoms with Gasteiger partial charge in [-0.1, -0.05) is 30.3 Å². The number of carbonyl (C=O) groups excluding carboxylic acids is 1. The summed E-state index contributed by atoms with van der Waals surface area (Å²) in [6.45, 7) is 0.500. The molecule has 1 aromatic carbocycles. The second-order valence-corrected chi connectivity index (χ2v) is 6.17. The molecule has 0 N–H and O–H groups in total. The summed E-state index contributed by atoms with van der Waals surface area (Å²) in [5.74, 6) is 0. The fraction of sp³-hybridized carbons (Fsp3) is 0.235. The molecule has 8 heteroatoms. The van der Waals surface area contributed by atoms with Crippen LogP contribution < -0.4 is 11.2 Å². The van der Waals surface area contributed by atoms with Gasteiger partial charge in [-0.05, 0) is 17.0 Å². The highest BCUT2D eigenvalue weighted by Crippen LogP contribution is 2.14. The minimum Gasteiger partial charge on any atom is -0.446 e. The van der Waals surface area contributed by atoms with Gasteiger partial charge in [0, 0.05) is 7.05 Å². The lowest BCUT2D eigenvalue weighted by Crippen LogP contribution is -2.43. The average molecular weight is 360 g/mol. The molecule has 0 spiro atoms. The van der Waals surface area contributed by atoms with Gasteiger partial charge in [0.1, 0.15) is 11.4 Å². The molecule has 0 radical (unpaired) electrons. The molecule has 0 aliphatic rings. The SMILES string of the molecule is Cn1c(=O)n(C(=O)OCCOCc2ccccc2)c(=O)c2ccsc21. The van der Waals surface area contributed by atoms with Crippen LogP contribution in [-0.4, -0.2) is 28.4 Å². The second-order valence-electron chi connectivity index (χ2n) is 5.27. The Bertz CT molecular complexity index is 1000. The number of aromatic nitrogens is 2. The Hall–Kier alpha value is -2.71. The van der Waals surface area contributed by atoms with Crippen LogP contribution in [0.2, 0.25) is 0 Å². The molecule has 7 nitrogen and oxygen atoms in total. The summed E-state index contributed by atoms with van der Waals surface area (Å²) in [5, 5.41) is 2.00. The zero-order valence-electron chi connectivity index (χ0n) is 13.5. The molecule has 0 saturated carbocycles. The molecular formula is C17H16N2O5S. The van der Waals surface area contributed by atoms with Gasteiger partial charge in [-0.25, -0.2) is 9.59 Å². The van der Waals surface area contributed by atoms with Crippen LogP contribution in [-0.2, 0) is 23.1 Å². The van der Waals surface area contributed by atoms with Gasteiger partial charge >= 0.3 is 11.8 Å². The molecule has 0 aliphatic carbocycles. The number of benzene rings is 1. The molecular weight excluding hydrogens is 344 g/mol. The van der Waals surface area contributed by atoms with Crippen molar-refractivity contribution in [3.8, 4) is 0 Å². The van der Waals surface area contributed by atoms with Crippen LogP contribution in [0.15, 0.2) is 51.4 Å². The highest BCUT2D eigenvalue weighted by molar-refractivity contribution is 7.16. The summed E-state index contributed by atoms with van der Waals surface area (Å²) in [7, 11) is 1.51. The van der Waals surface area contributed by atoms with Crippen molar-refractivity contribution in [1.29, 1.82) is 0 Å². The predicted molar refractivity (Wildman–Crippen MR) is 94.2 cm³/mol. The molecule has 0 saturated heterocycles. The zero-order chi connectivity index (χ0) is 17.8. The van der Waals surface area contributed by atoms with Crippen LogP contribution in [0.25, 0.3) is 10.2 Å². The lowest BCUT2D eigenvalue weighted by Gasteiger charge is -2.09. The highest BCUT2D eigenvalue weighted by Gasteiger charge is 2.18. The van der Waals surface area contributed by atoms with Gasteiger partial charge in [0.05, 0.1) is 18.6 Å². The highest BCUT2D eigenvalue weighted by atomic mass is 32.1. The monoisotopic (exact) mass is 360 g/mol. The number of fused-ring (bicyclic) bond motifs is 1. The third-order valence-electron chi connectivity index (χ3n) is 3.61. The standard InChI is InChI=1S/C17H16N2O5S/c1-18-15-13(7-10-25-15)14(20)19(16(18)21)17(22)24-9-8-23-11-12-5-3-2-4-6-12/h2-7,10H,8-9,11H2,1H3. The van der Waals surface area contributed by atoms with E-state index < -0.39 is 17.3 Å². The quantitative estimate of drug-likeness (QED) is 0.650. The minimum atomic E-state index is -0.998. The first-order valence-electron chi connectivity index (χ1n) is 7.57. The zero-order valence-corrected chi connectivity index (χ0v) is 14.3. The van der Waals surface area contributed by atoms with E-state index in [9.17, 15) is 14.4 Å². The molecule has 0 amide bonds. The van der Waals surface area contributed by atoms with Crippen LogP contribution in [0.3, 0.4) is 0 Å². The van der Waals surface area contributed by atoms with Crippen LogP contribution >= 0.6 is 11.3 Å². The third-order valence-corrected chi connectivity index (χ3v) is 4.60. The van der Waals surface area contributed by atoms with E-state index in [1.807, 2.05) is 30.3 Å². The van der Waals surface area contributed by atoms with Gasteiger partial charge in [0.2, 0.25) is 0 Å². The molecule has 130 valence electrons. The Kier molecular flexibility index (Phi) is 5.11. The van der Waals surface area contributed by atoms with Crippen LogP contribution in [0, 0.1) is 0 Å². The van der Waals surface area contributed by atoms with E-state index in [1.165, 1.54) is 23.0 Å². The van der Waals surface area contributed by atoms with Gasteiger partial charge in [-0.2, -0.15) is 4.57 Å². The fourth-order valence-corrected chi connectivity index (χ4v) is 3.20. The summed E-state index contributed by atoms with van der Waals surface area (Å²) in [6.07, 6.45) is -0.998. The molecule has 0 fully saturated rings. The van der Waals surface area contributed by atoms with Crippen molar-refractivity contribution in [3.05, 3.63) is 68.2 Å². The smallest absolute Gasteiger partial charge is 0.425 e. The Balaban J connectivity index is 1.63. The van der Waals surface area contributed by atoms with Crippen LogP contribution in [0.4, 0.5) is 4.79 Å². The molecule has 0 aliphatic heterocycles. The van der Waals surface area contributed by atoms with Crippen molar-refractivity contribution in [2.45, 2.75) is 6.61 Å². The molecule has 0 atom stereocenters. The first-order valence-corrected chi connectivity index (χ1v) is 8.45. The lowest BCUT2D eigenvalue weighted by atomic mass is 10.2.